The van der Waals surface area contributed by atoms with Crippen LogP contribution in [0.4, 0.5) is 17.6 Å². The Morgan fingerprint density at radius 3 is 2.60 bits per heavy atom. The summed E-state index contributed by atoms with van der Waals surface area (Å²) in [5.41, 5.74) is 5.40. The predicted molar refractivity (Wildman–Crippen MR) is 116 cm³/mol. The third-order valence-electron chi connectivity index (χ3n) is 5.92. The summed E-state index contributed by atoms with van der Waals surface area (Å²) in [6, 6.07) is 4.28. The zero-order valence-corrected chi connectivity index (χ0v) is 19.0. The van der Waals surface area contributed by atoms with Gasteiger partial charge < -0.3 is 15.4 Å². The number of alkyl halides is 3. The maximum atomic E-state index is 13.8. The molecule has 2 aliphatic rings. The SMILES string of the molecule is CC1CN(C[C@@H](N)CC(=O)N2CCc3c(nc(-c4ccc(F)cc4)nc3C(F)(F)F)C2)CC(=O)O1. The molecule has 0 radical (unpaired) electrons. The molecule has 0 aliphatic carbocycles. The van der Waals surface area contributed by atoms with Gasteiger partial charge in [-0.25, -0.2) is 14.4 Å². The number of cyclic esters (lactones) is 1. The minimum absolute atomic E-state index is 0.0305. The largest absolute Gasteiger partial charge is 0.460 e. The van der Waals surface area contributed by atoms with E-state index >= 15 is 0 Å². The number of hydrogen-bond acceptors (Lipinski definition) is 7. The molecule has 12 heteroatoms. The van der Waals surface area contributed by atoms with Crippen molar-refractivity contribution in [2.24, 2.45) is 5.73 Å². The Hall–Kier alpha value is -3.12. The van der Waals surface area contributed by atoms with Crippen molar-refractivity contribution >= 4 is 11.9 Å². The van der Waals surface area contributed by atoms with Crippen LogP contribution in [-0.4, -0.2) is 70.0 Å². The lowest BCUT2D eigenvalue weighted by atomic mass is 10.0. The van der Waals surface area contributed by atoms with E-state index in [1.165, 1.54) is 17.0 Å². The predicted octanol–water partition coefficient (Wildman–Crippen LogP) is 2.15. The molecule has 4 rings (SSSR count). The molecule has 1 unspecified atom stereocenters. The van der Waals surface area contributed by atoms with Crippen LogP contribution in [0.1, 0.15) is 30.3 Å². The number of benzene rings is 1. The van der Waals surface area contributed by atoms with E-state index in [0.29, 0.717) is 13.1 Å². The van der Waals surface area contributed by atoms with Crippen LogP contribution >= 0.6 is 0 Å². The van der Waals surface area contributed by atoms with Gasteiger partial charge in [0.05, 0.1) is 18.8 Å². The van der Waals surface area contributed by atoms with Crippen LogP contribution in [0.2, 0.25) is 0 Å². The summed E-state index contributed by atoms with van der Waals surface area (Å²) in [7, 11) is 0. The Morgan fingerprint density at radius 2 is 1.94 bits per heavy atom. The summed E-state index contributed by atoms with van der Waals surface area (Å²) >= 11 is 0. The van der Waals surface area contributed by atoms with Crippen LogP contribution in [0.25, 0.3) is 11.4 Å². The number of halogens is 4. The number of nitrogens with two attached hydrogens (primary N) is 1. The summed E-state index contributed by atoms with van der Waals surface area (Å²) in [6.07, 6.45) is -5.06. The van der Waals surface area contributed by atoms with Gasteiger partial charge >= 0.3 is 12.1 Å². The minimum Gasteiger partial charge on any atom is -0.460 e. The van der Waals surface area contributed by atoms with Crippen LogP contribution in [-0.2, 0) is 33.5 Å². The number of fused-ring (bicyclic) bond motifs is 1. The zero-order valence-electron chi connectivity index (χ0n) is 19.0. The lowest BCUT2D eigenvalue weighted by Gasteiger charge is -2.33. The first kappa shape index (κ1) is 25.0. The number of amides is 1. The average molecular weight is 495 g/mol. The number of morpholine rings is 1. The van der Waals surface area contributed by atoms with Crippen molar-refractivity contribution in [3.63, 3.8) is 0 Å². The van der Waals surface area contributed by atoms with Crippen LogP contribution in [0, 0.1) is 5.82 Å². The molecule has 2 N–H and O–H groups in total. The number of nitrogens with zero attached hydrogens (tertiary/aromatic N) is 4. The zero-order chi connectivity index (χ0) is 25.3. The standard InChI is InChI=1S/C23H25F4N5O3/c1-13-9-31(12-20(34)35-13)10-16(28)8-19(33)32-7-6-17-18(11-32)29-22(30-21(17)23(25,26)27)14-2-4-15(24)5-3-14/h2-5,13,16H,6-12,28H2,1H3/t13?,16-/m0/s1. The molecule has 35 heavy (non-hydrogen) atoms. The van der Waals surface area contributed by atoms with E-state index in [1.54, 1.807) is 6.92 Å². The van der Waals surface area contributed by atoms with Crippen molar-refractivity contribution in [2.75, 3.05) is 26.2 Å². The van der Waals surface area contributed by atoms with Crippen LogP contribution < -0.4 is 5.73 Å². The van der Waals surface area contributed by atoms with Crippen molar-refractivity contribution in [2.45, 2.75) is 44.6 Å². The maximum absolute atomic E-state index is 13.8. The van der Waals surface area contributed by atoms with Crippen LogP contribution in [0.5, 0.6) is 0 Å². The maximum Gasteiger partial charge on any atom is 0.433 e. The van der Waals surface area contributed by atoms with E-state index in [4.69, 9.17) is 10.5 Å². The number of ether oxygens (including phenoxy) is 1. The summed E-state index contributed by atoms with van der Waals surface area (Å²) in [4.78, 5) is 35.8. The Labute approximate surface area is 199 Å². The highest BCUT2D eigenvalue weighted by atomic mass is 19.4. The molecule has 3 heterocycles. The van der Waals surface area contributed by atoms with Gasteiger partial charge in [-0.1, -0.05) is 0 Å². The Morgan fingerprint density at radius 1 is 1.23 bits per heavy atom. The third-order valence-corrected chi connectivity index (χ3v) is 5.92. The first-order valence-corrected chi connectivity index (χ1v) is 11.2. The third kappa shape index (κ3) is 5.93. The van der Waals surface area contributed by atoms with Gasteiger partial charge in [0.25, 0.3) is 0 Å². The second-order valence-corrected chi connectivity index (χ2v) is 8.85. The van der Waals surface area contributed by atoms with Crippen molar-refractivity contribution in [1.29, 1.82) is 0 Å². The topological polar surface area (TPSA) is 102 Å². The molecule has 0 saturated carbocycles. The van der Waals surface area contributed by atoms with Crippen molar-refractivity contribution in [3.8, 4) is 11.4 Å². The normalized spacial score (nSPS) is 19.8. The summed E-state index contributed by atoms with van der Waals surface area (Å²) in [5, 5.41) is 0. The smallest absolute Gasteiger partial charge is 0.433 e. The molecule has 2 aliphatic heterocycles. The number of aromatic nitrogens is 2. The Kier molecular flexibility index (Phi) is 7.04. The molecule has 8 nitrogen and oxygen atoms in total. The highest BCUT2D eigenvalue weighted by molar-refractivity contribution is 5.77. The molecule has 1 fully saturated rings. The van der Waals surface area contributed by atoms with Gasteiger partial charge in [-0.05, 0) is 37.6 Å². The monoisotopic (exact) mass is 495 g/mol. The van der Waals surface area contributed by atoms with E-state index in [9.17, 15) is 27.2 Å². The first-order chi connectivity index (χ1) is 16.5. The summed E-state index contributed by atoms with van der Waals surface area (Å²) in [5.74, 6) is -1.39. The van der Waals surface area contributed by atoms with Crippen molar-refractivity contribution < 1.29 is 31.9 Å². The summed E-state index contributed by atoms with van der Waals surface area (Å²) < 4.78 is 59.6. The second-order valence-electron chi connectivity index (χ2n) is 8.85. The fraction of sp³-hybridized carbons (Fsp3) is 0.478. The molecule has 2 atom stereocenters. The van der Waals surface area contributed by atoms with E-state index in [-0.39, 0.29) is 73.1 Å². The van der Waals surface area contributed by atoms with E-state index in [0.717, 1.165) is 12.1 Å². The Balaban J connectivity index is 1.50. The molecule has 1 aromatic carbocycles. The van der Waals surface area contributed by atoms with Gasteiger partial charge in [-0.2, -0.15) is 13.2 Å². The molecule has 2 aromatic rings. The Bertz CT molecular complexity index is 1110. The fourth-order valence-corrected chi connectivity index (χ4v) is 4.40. The van der Waals surface area contributed by atoms with Crippen molar-refractivity contribution in [3.05, 3.63) is 47.0 Å². The lowest BCUT2D eigenvalue weighted by Crippen LogP contribution is -2.50. The number of carbonyl (C=O) groups is 2. The molecule has 1 amide bonds. The van der Waals surface area contributed by atoms with Crippen molar-refractivity contribution in [1.82, 2.24) is 19.8 Å². The van der Waals surface area contributed by atoms with E-state index < -0.39 is 23.7 Å². The number of hydrogen-bond donors (Lipinski definition) is 1. The van der Waals surface area contributed by atoms with Gasteiger partial charge in [0, 0.05) is 43.2 Å². The number of rotatable bonds is 5. The quantitative estimate of drug-likeness (QED) is 0.501. The number of esters is 1. The average Bonchev–Trinajstić information content (AvgIpc) is 2.77. The molecule has 0 bridgehead atoms. The molecule has 1 saturated heterocycles. The fourth-order valence-electron chi connectivity index (χ4n) is 4.40. The van der Waals surface area contributed by atoms with Crippen LogP contribution in [0.15, 0.2) is 24.3 Å². The highest BCUT2D eigenvalue weighted by Gasteiger charge is 2.39. The van der Waals surface area contributed by atoms with Gasteiger partial charge in [-0.3, -0.25) is 14.5 Å². The van der Waals surface area contributed by atoms with E-state index in [2.05, 4.69) is 9.97 Å². The highest BCUT2D eigenvalue weighted by Crippen LogP contribution is 2.35. The molecule has 0 spiro atoms. The van der Waals surface area contributed by atoms with Gasteiger partial charge in [0.1, 0.15) is 11.9 Å². The first-order valence-electron chi connectivity index (χ1n) is 11.2. The number of carbonyl (C=O) groups excluding carboxylic acids is 2. The second kappa shape index (κ2) is 9.86. The van der Waals surface area contributed by atoms with E-state index in [1.807, 2.05) is 4.90 Å². The molecule has 188 valence electrons. The molecular weight excluding hydrogens is 470 g/mol. The molecule has 1 aromatic heterocycles. The molecular formula is C23H25F4N5O3. The van der Waals surface area contributed by atoms with Gasteiger partial charge in [0.2, 0.25) is 5.91 Å². The minimum atomic E-state index is -4.71. The van der Waals surface area contributed by atoms with Gasteiger partial charge in [-0.15, -0.1) is 0 Å². The summed E-state index contributed by atoms with van der Waals surface area (Å²) in [6.45, 7) is 2.64. The lowest BCUT2D eigenvalue weighted by molar-refractivity contribution is -0.157. The van der Waals surface area contributed by atoms with Gasteiger partial charge in [0.15, 0.2) is 11.5 Å². The van der Waals surface area contributed by atoms with Crippen LogP contribution in [0.3, 0.4) is 0 Å².